The molecule has 9 nitrogen and oxygen atoms in total. The van der Waals surface area contributed by atoms with Gasteiger partial charge in [-0.05, 0) is 22.3 Å². The molecule has 1 fully saturated rings. The number of likely N-dealkylation sites (N-methyl/N-ethyl adjacent to an activating group) is 1. The van der Waals surface area contributed by atoms with E-state index in [2.05, 4.69) is 22.4 Å². The fourth-order valence-corrected chi connectivity index (χ4v) is 5.42. The summed E-state index contributed by atoms with van der Waals surface area (Å²) < 4.78 is 10.8. The van der Waals surface area contributed by atoms with Gasteiger partial charge in [0.2, 0.25) is 0 Å². The van der Waals surface area contributed by atoms with Gasteiger partial charge in [-0.1, -0.05) is 59.9 Å². The smallest absolute Gasteiger partial charge is 0.413 e. The van der Waals surface area contributed by atoms with E-state index in [-0.39, 0.29) is 42.2 Å². The lowest BCUT2D eigenvalue weighted by atomic mass is 9.97. The molecular formula is C25H23N3O6S. The van der Waals surface area contributed by atoms with Gasteiger partial charge in [-0.2, -0.15) is 0 Å². The summed E-state index contributed by atoms with van der Waals surface area (Å²) in [6.07, 6.45) is 0.835. The van der Waals surface area contributed by atoms with Crippen LogP contribution in [0.1, 0.15) is 33.1 Å². The molecule has 1 saturated heterocycles. The molecule has 2 amide bonds. The van der Waals surface area contributed by atoms with Crippen molar-refractivity contribution in [2.45, 2.75) is 17.9 Å². The predicted molar refractivity (Wildman–Crippen MR) is 129 cm³/mol. The molecule has 0 spiro atoms. The maximum atomic E-state index is 12.9. The van der Waals surface area contributed by atoms with Crippen LogP contribution in [0.3, 0.4) is 0 Å². The van der Waals surface area contributed by atoms with Crippen molar-refractivity contribution < 1.29 is 29.0 Å². The number of hydrogen-bond donors (Lipinski definition) is 2. The van der Waals surface area contributed by atoms with Crippen molar-refractivity contribution in [2.24, 2.45) is 0 Å². The number of carbonyl (C=O) groups is 3. The number of carboxylic acids is 1. The summed E-state index contributed by atoms with van der Waals surface area (Å²) >= 11 is 0.954. The summed E-state index contributed by atoms with van der Waals surface area (Å²) in [5.74, 6) is -1.69. The number of benzene rings is 2. The van der Waals surface area contributed by atoms with Gasteiger partial charge >= 0.3 is 12.1 Å². The maximum Gasteiger partial charge on any atom is 0.413 e. The van der Waals surface area contributed by atoms with E-state index < -0.39 is 23.5 Å². The number of rotatable bonds is 6. The third-order valence-electron chi connectivity index (χ3n) is 6.61. The zero-order valence-corrected chi connectivity index (χ0v) is 19.7. The Kier molecular flexibility index (Phi) is 6.00. The Balaban J connectivity index is 1.23. The van der Waals surface area contributed by atoms with E-state index >= 15 is 0 Å². The van der Waals surface area contributed by atoms with E-state index in [1.54, 1.807) is 0 Å². The van der Waals surface area contributed by atoms with E-state index in [9.17, 15) is 19.5 Å². The highest BCUT2D eigenvalue weighted by Gasteiger charge is 2.48. The van der Waals surface area contributed by atoms with Gasteiger partial charge in [-0.3, -0.25) is 10.1 Å². The quantitative estimate of drug-likeness (QED) is 0.536. The molecule has 2 N–H and O–H groups in total. The maximum absolute atomic E-state index is 12.9. The van der Waals surface area contributed by atoms with Crippen molar-refractivity contribution in [3.63, 3.8) is 0 Å². The molecule has 1 aliphatic carbocycles. The van der Waals surface area contributed by atoms with Gasteiger partial charge in [0, 0.05) is 26.0 Å². The number of anilines is 1. The van der Waals surface area contributed by atoms with Crippen molar-refractivity contribution in [3.8, 4) is 11.1 Å². The molecule has 2 heterocycles. The van der Waals surface area contributed by atoms with Crippen molar-refractivity contribution in [2.75, 3.05) is 32.2 Å². The number of fused-ring (bicyclic) bond motifs is 3. The van der Waals surface area contributed by atoms with Gasteiger partial charge in [-0.25, -0.2) is 14.6 Å². The molecule has 0 bridgehead atoms. The fourth-order valence-electron chi connectivity index (χ4n) is 4.64. The average Bonchev–Trinajstić information content (AvgIpc) is 3.60. The summed E-state index contributed by atoms with van der Waals surface area (Å²) in [5.41, 5.74) is 3.07. The SMILES string of the molecule is CN(C(=O)c1cnc(NC(=O)OCC2c3ccccc3-c3ccccc32)s1)C1(C(=O)O)CCOC1. The normalized spacial score (nSPS) is 18.5. The molecule has 2 aromatic carbocycles. The van der Waals surface area contributed by atoms with Crippen molar-refractivity contribution in [3.05, 3.63) is 70.7 Å². The highest BCUT2D eigenvalue weighted by molar-refractivity contribution is 7.17. The molecule has 1 atom stereocenters. The van der Waals surface area contributed by atoms with Gasteiger partial charge in [0.05, 0.1) is 12.8 Å². The second-order valence-electron chi connectivity index (χ2n) is 8.48. The van der Waals surface area contributed by atoms with Crippen LogP contribution in [-0.4, -0.2) is 65.4 Å². The Bertz CT molecular complexity index is 1250. The lowest BCUT2D eigenvalue weighted by molar-refractivity contribution is -0.149. The van der Waals surface area contributed by atoms with Gasteiger partial charge < -0.3 is 19.5 Å². The van der Waals surface area contributed by atoms with Gasteiger partial charge in [0.1, 0.15) is 11.5 Å². The number of carbonyl (C=O) groups excluding carboxylic acids is 2. The topological polar surface area (TPSA) is 118 Å². The summed E-state index contributed by atoms with van der Waals surface area (Å²) in [6.45, 7) is 0.344. The van der Waals surface area contributed by atoms with E-state index in [0.717, 1.165) is 33.6 Å². The lowest BCUT2D eigenvalue weighted by Gasteiger charge is -2.32. The van der Waals surface area contributed by atoms with Crippen LogP contribution in [0.15, 0.2) is 54.7 Å². The summed E-state index contributed by atoms with van der Waals surface area (Å²) in [7, 11) is 1.43. The van der Waals surface area contributed by atoms with Crippen LogP contribution in [0.25, 0.3) is 11.1 Å². The Labute approximate surface area is 205 Å². The number of aliphatic carboxylic acids is 1. The number of thiazole rings is 1. The Morgan fingerprint density at radius 1 is 1.17 bits per heavy atom. The van der Waals surface area contributed by atoms with Crippen molar-refractivity contribution in [1.82, 2.24) is 9.88 Å². The van der Waals surface area contributed by atoms with Crippen LogP contribution >= 0.6 is 11.3 Å². The Morgan fingerprint density at radius 2 is 1.83 bits per heavy atom. The molecular weight excluding hydrogens is 470 g/mol. The summed E-state index contributed by atoms with van der Waals surface area (Å²) in [5, 5.41) is 12.4. The molecule has 0 radical (unpaired) electrons. The minimum atomic E-state index is -1.42. The van der Waals surface area contributed by atoms with E-state index in [0.29, 0.717) is 0 Å². The number of ether oxygens (including phenoxy) is 2. The Hall–Kier alpha value is -3.76. The summed E-state index contributed by atoms with van der Waals surface area (Å²) in [6, 6.07) is 16.1. The fraction of sp³-hybridized carbons (Fsp3) is 0.280. The number of nitrogens with zero attached hydrogens (tertiary/aromatic N) is 2. The second kappa shape index (κ2) is 9.12. The van der Waals surface area contributed by atoms with E-state index in [4.69, 9.17) is 9.47 Å². The molecule has 5 rings (SSSR count). The number of carboxylic acid groups (broad SMARTS) is 1. The molecule has 1 unspecified atom stereocenters. The van der Waals surface area contributed by atoms with Crippen LogP contribution in [0, 0.1) is 0 Å². The molecule has 1 aliphatic heterocycles. The monoisotopic (exact) mass is 493 g/mol. The zero-order valence-electron chi connectivity index (χ0n) is 18.9. The molecule has 3 aromatic rings. The van der Waals surface area contributed by atoms with Crippen LogP contribution in [0.4, 0.5) is 9.93 Å². The average molecular weight is 494 g/mol. The predicted octanol–water partition coefficient (Wildman–Crippen LogP) is 3.82. The number of hydrogen-bond acceptors (Lipinski definition) is 7. The number of aromatic nitrogens is 1. The molecule has 0 saturated carbocycles. The first-order chi connectivity index (χ1) is 16.9. The van der Waals surface area contributed by atoms with Gasteiger partial charge in [-0.15, -0.1) is 0 Å². The standard InChI is InChI=1S/C25H23N3O6S/c1-28(25(22(30)31)10-11-33-14-25)21(29)20-12-26-23(35-20)27-24(32)34-13-19-17-8-4-2-6-15(17)16-7-3-5-9-18(16)19/h2-9,12,19H,10-11,13-14H2,1H3,(H,30,31)(H,26,27,32). The molecule has 35 heavy (non-hydrogen) atoms. The lowest BCUT2D eigenvalue weighted by Crippen LogP contribution is -2.55. The highest BCUT2D eigenvalue weighted by Crippen LogP contribution is 2.44. The van der Waals surface area contributed by atoms with Crippen LogP contribution in [-0.2, 0) is 14.3 Å². The first kappa shape index (κ1) is 23.0. The van der Waals surface area contributed by atoms with Crippen LogP contribution < -0.4 is 5.32 Å². The Morgan fingerprint density at radius 3 is 2.43 bits per heavy atom. The third-order valence-corrected chi connectivity index (χ3v) is 7.52. The van der Waals surface area contributed by atoms with E-state index in [1.807, 2.05) is 36.4 Å². The molecule has 180 valence electrons. The minimum absolute atomic E-state index is 0.0731. The largest absolute Gasteiger partial charge is 0.479 e. The number of amides is 2. The third kappa shape index (κ3) is 4.04. The van der Waals surface area contributed by atoms with E-state index in [1.165, 1.54) is 18.1 Å². The molecule has 1 aromatic heterocycles. The van der Waals surface area contributed by atoms with Crippen LogP contribution in [0.2, 0.25) is 0 Å². The highest BCUT2D eigenvalue weighted by atomic mass is 32.1. The minimum Gasteiger partial charge on any atom is -0.479 e. The van der Waals surface area contributed by atoms with Gasteiger partial charge in [0.15, 0.2) is 10.7 Å². The first-order valence-electron chi connectivity index (χ1n) is 11.1. The molecule has 10 heteroatoms. The first-order valence-corrected chi connectivity index (χ1v) is 11.9. The number of nitrogens with one attached hydrogen (secondary N) is 1. The van der Waals surface area contributed by atoms with Crippen molar-refractivity contribution in [1.29, 1.82) is 0 Å². The van der Waals surface area contributed by atoms with Crippen molar-refractivity contribution >= 4 is 34.4 Å². The van der Waals surface area contributed by atoms with Gasteiger partial charge in [0.25, 0.3) is 5.91 Å². The van der Waals surface area contributed by atoms with Crippen LogP contribution in [0.5, 0.6) is 0 Å². The zero-order chi connectivity index (χ0) is 24.6. The second-order valence-corrected chi connectivity index (χ2v) is 9.51. The molecule has 2 aliphatic rings. The summed E-state index contributed by atoms with van der Waals surface area (Å²) in [4.78, 5) is 42.7.